The zero-order valence-electron chi connectivity index (χ0n) is 9.34. The Morgan fingerprint density at radius 2 is 2.00 bits per heavy atom. The summed E-state index contributed by atoms with van der Waals surface area (Å²) < 4.78 is 0. The van der Waals surface area contributed by atoms with Crippen LogP contribution < -0.4 is 5.32 Å². The molecule has 2 heteroatoms. The van der Waals surface area contributed by atoms with Crippen molar-refractivity contribution >= 4 is 11.8 Å². The fourth-order valence-corrected chi connectivity index (χ4v) is 3.39. The summed E-state index contributed by atoms with van der Waals surface area (Å²) in [6.45, 7) is 10.5. The quantitative estimate of drug-likeness (QED) is 0.753. The second-order valence-electron chi connectivity index (χ2n) is 4.77. The minimum Gasteiger partial charge on any atom is -0.312 e. The highest BCUT2D eigenvalue weighted by molar-refractivity contribution is 8.00. The maximum absolute atomic E-state index is 3.66. The van der Waals surface area contributed by atoms with Gasteiger partial charge in [-0.05, 0) is 18.3 Å². The fourth-order valence-electron chi connectivity index (χ4n) is 2.05. The molecule has 1 aliphatic heterocycles. The van der Waals surface area contributed by atoms with E-state index in [9.17, 15) is 0 Å². The van der Waals surface area contributed by atoms with E-state index in [0.29, 0.717) is 0 Å². The molecule has 1 saturated heterocycles. The predicted molar refractivity (Wildman–Crippen MR) is 62.3 cm³/mol. The molecule has 1 heterocycles. The van der Waals surface area contributed by atoms with E-state index in [-0.39, 0.29) is 0 Å². The van der Waals surface area contributed by atoms with Crippen LogP contribution in [0.4, 0.5) is 0 Å². The minimum absolute atomic E-state index is 0.749. The predicted octanol–water partition coefficient (Wildman–Crippen LogP) is 2.76. The average molecular weight is 201 g/mol. The van der Waals surface area contributed by atoms with Crippen LogP contribution in [-0.4, -0.2) is 23.6 Å². The lowest BCUT2D eigenvalue weighted by molar-refractivity contribution is 0.368. The Labute approximate surface area is 87.1 Å². The van der Waals surface area contributed by atoms with Crippen LogP contribution in [0.5, 0.6) is 0 Å². The first-order valence-electron chi connectivity index (χ1n) is 5.46. The second kappa shape index (κ2) is 5.26. The van der Waals surface area contributed by atoms with Gasteiger partial charge in [-0.2, -0.15) is 11.8 Å². The van der Waals surface area contributed by atoms with E-state index in [1.54, 1.807) is 0 Å². The Balaban J connectivity index is 2.46. The maximum Gasteiger partial charge on any atom is 0.0224 e. The molecule has 0 aliphatic carbocycles. The van der Waals surface area contributed by atoms with Crippen molar-refractivity contribution in [3.63, 3.8) is 0 Å². The van der Waals surface area contributed by atoms with Crippen LogP contribution in [0.25, 0.3) is 0 Å². The van der Waals surface area contributed by atoms with Crippen molar-refractivity contribution in [3.05, 3.63) is 0 Å². The monoisotopic (exact) mass is 201 g/mol. The third kappa shape index (κ3) is 3.51. The molecular weight excluding hydrogens is 178 g/mol. The molecule has 2 unspecified atom stereocenters. The molecule has 0 aromatic heterocycles. The molecule has 0 bridgehead atoms. The summed E-state index contributed by atoms with van der Waals surface area (Å²) in [6, 6.07) is 0.749. The summed E-state index contributed by atoms with van der Waals surface area (Å²) in [5, 5.41) is 4.49. The van der Waals surface area contributed by atoms with Crippen LogP contribution in [0.15, 0.2) is 0 Å². The summed E-state index contributed by atoms with van der Waals surface area (Å²) in [7, 11) is 0. The van der Waals surface area contributed by atoms with Crippen molar-refractivity contribution in [1.82, 2.24) is 5.32 Å². The molecule has 0 aromatic carbocycles. The maximum atomic E-state index is 3.66. The zero-order valence-corrected chi connectivity index (χ0v) is 10.2. The highest BCUT2D eigenvalue weighted by atomic mass is 32.2. The lowest BCUT2D eigenvalue weighted by atomic mass is 9.95. The van der Waals surface area contributed by atoms with Gasteiger partial charge in [0.25, 0.3) is 0 Å². The van der Waals surface area contributed by atoms with Crippen LogP contribution in [-0.2, 0) is 0 Å². The number of hydrogen-bond acceptors (Lipinski definition) is 2. The normalized spacial score (nSPS) is 30.0. The van der Waals surface area contributed by atoms with Gasteiger partial charge in [-0.3, -0.25) is 0 Å². The van der Waals surface area contributed by atoms with Crippen LogP contribution in [0.3, 0.4) is 0 Å². The van der Waals surface area contributed by atoms with Crippen LogP contribution in [0.1, 0.15) is 34.1 Å². The van der Waals surface area contributed by atoms with Crippen molar-refractivity contribution < 1.29 is 0 Å². The number of nitrogens with one attached hydrogen (secondary N) is 1. The number of thioether (sulfide) groups is 1. The molecule has 0 saturated carbocycles. The first kappa shape index (κ1) is 11.4. The smallest absolute Gasteiger partial charge is 0.0224 e. The summed E-state index contributed by atoms with van der Waals surface area (Å²) in [6.07, 6.45) is 1.33. The Kier molecular flexibility index (Phi) is 4.60. The van der Waals surface area contributed by atoms with E-state index < -0.39 is 0 Å². The lowest BCUT2D eigenvalue weighted by Crippen LogP contribution is -2.46. The van der Waals surface area contributed by atoms with Gasteiger partial charge in [0, 0.05) is 23.6 Å². The van der Waals surface area contributed by atoms with E-state index in [0.717, 1.165) is 23.1 Å². The van der Waals surface area contributed by atoms with E-state index in [4.69, 9.17) is 0 Å². The molecular formula is C11H23NS. The zero-order chi connectivity index (χ0) is 9.84. The molecule has 1 nitrogen and oxygen atoms in total. The fraction of sp³-hybridized carbons (Fsp3) is 1.00. The molecule has 0 spiro atoms. The van der Waals surface area contributed by atoms with Crippen molar-refractivity contribution in [1.29, 1.82) is 0 Å². The summed E-state index contributed by atoms with van der Waals surface area (Å²) in [4.78, 5) is 0. The molecule has 0 aromatic rings. The molecule has 1 N–H and O–H groups in total. The Morgan fingerprint density at radius 3 is 2.54 bits per heavy atom. The van der Waals surface area contributed by atoms with Crippen molar-refractivity contribution in [3.8, 4) is 0 Å². The van der Waals surface area contributed by atoms with Gasteiger partial charge in [-0.1, -0.05) is 27.7 Å². The second-order valence-corrected chi connectivity index (χ2v) is 6.06. The first-order valence-corrected chi connectivity index (χ1v) is 6.51. The molecule has 0 radical (unpaired) electrons. The Bertz CT molecular complexity index is 145. The van der Waals surface area contributed by atoms with Gasteiger partial charge in [-0.25, -0.2) is 0 Å². The van der Waals surface area contributed by atoms with Crippen molar-refractivity contribution in [2.45, 2.75) is 45.4 Å². The number of hydrogen-bond donors (Lipinski definition) is 1. The molecule has 1 fully saturated rings. The van der Waals surface area contributed by atoms with Gasteiger partial charge in [0.05, 0.1) is 0 Å². The standard InChI is InChI=1S/C11H23NS/c1-8(2)7-10-11(9(3)4)13-6-5-12-10/h8-12H,5-7H2,1-4H3. The van der Waals surface area contributed by atoms with E-state index >= 15 is 0 Å². The summed E-state index contributed by atoms with van der Waals surface area (Å²) in [5.74, 6) is 2.91. The molecule has 0 amide bonds. The van der Waals surface area contributed by atoms with Crippen molar-refractivity contribution in [2.75, 3.05) is 12.3 Å². The molecule has 1 rings (SSSR count). The van der Waals surface area contributed by atoms with Gasteiger partial charge in [-0.15, -0.1) is 0 Å². The highest BCUT2D eigenvalue weighted by Crippen LogP contribution is 2.28. The Hall–Kier alpha value is 0.310. The minimum atomic E-state index is 0.749. The van der Waals surface area contributed by atoms with E-state index in [1.807, 2.05) is 0 Å². The molecule has 2 atom stereocenters. The first-order chi connectivity index (χ1) is 6.11. The van der Waals surface area contributed by atoms with Gasteiger partial charge in [0.15, 0.2) is 0 Å². The SMILES string of the molecule is CC(C)CC1NCCSC1C(C)C. The van der Waals surface area contributed by atoms with Gasteiger partial charge in [0.1, 0.15) is 0 Å². The Morgan fingerprint density at radius 1 is 1.31 bits per heavy atom. The van der Waals surface area contributed by atoms with E-state index in [2.05, 4.69) is 44.8 Å². The number of rotatable bonds is 3. The van der Waals surface area contributed by atoms with Crippen LogP contribution >= 0.6 is 11.8 Å². The van der Waals surface area contributed by atoms with Crippen molar-refractivity contribution in [2.24, 2.45) is 11.8 Å². The van der Waals surface area contributed by atoms with Gasteiger partial charge >= 0.3 is 0 Å². The summed E-state index contributed by atoms with van der Waals surface area (Å²) >= 11 is 2.16. The summed E-state index contributed by atoms with van der Waals surface area (Å²) in [5.41, 5.74) is 0. The topological polar surface area (TPSA) is 12.0 Å². The average Bonchev–Trinajstić information content (AvgIpc) is 2.03. The van der Waals surface area contributed by atoms with Crippen LogP contribution in [0, 0.1) is 11.8 Å². The molecule has 13 heavy (non-hydrogen) atoms. The third-order valence-electron chi connectivity index (χ3n) is 2.60. The lowest BCUT2D eigenvalue weighted by Gasteiger charge is -2.35. The third-order valence-corrected chi connectivity index (χ3v) is 4.30. The largest absolute Gasteiger partial charge is 0.312 e. The van der Waals surface area contributed by atoms with Gasteiger partial charge < -0.3 is 5.32 Å². The van der Waals surface area contributed by atoms with Gasteiger partial charge in [0.2, 0.25) is 0 Å². The molecule has 1 aliphatic rings. The highest BCUT2D eigenvalue weighted by Gasteiger charge is 2.27. The molecule has 78 valence electrons. The van der Waals surface area contributed by atoms with Crippen LogP contribution in [0.2, 0.25) is 0 Å². The van der Waals surface area contributed by atoms with E-state index in [1.165, 1.54) is 18.7 Å².